The van der Waals surface area contributed by atoms with Crippen LogP contribution in [0, 0.1) is 11.8 Å². The first kappa shape index (κ1) is 17.8. The maximum absolute atomic E-state index is 11.9. The molecule has 9 heteroatoms. The SMILES string of the molecule is NCC#Cc1ccc(S(=O)(=O)NCCSC(F)(F)F)cc1. The molecule has 0 heterocycles. The van der Waals surface area contributed by atoms with Crippen LogP contribution in [0.25, 0.3) is 0 Å². The normalized spacial score (nSPS) is 11.8. The minimum absolute atomic E-state index is 0.0298. The standard InChI is InChI=1S/C12H13F3N2O2S2/c13-12(14,15)20-9-8-17-21(18,19)11-5-3-10(4-6-11)2-1-7-16/h3-6,17H,7-9,16H2. The van der Waals surface area contributed by atoms with Gasteiger partial charge in [-0.3, -0.25) is 0 Å². The Morgan fingerprint density at radius 1 is 1.24 bits per heavy atom. The summed E-state index contributed by atoms with van der Waals surface area (Å²) < 4.78 is 61.5. The Morgan fingerprint density at radius 3 is 2.38 bits per heavy atom. The molecule has 0 saturated heterocycles. The molecule has 116 valence electrons. The lowest BCUT2D eigenvalue weighted by Gasteiger charge is -2.08. The van der Waals surface area contributed by atoms with Crippen molar-refractivity contribution in [2.45, 2.75) is 10.4 Å². The first-order valence-corrected chi connectivity index (χ1v) is 8.21. The van der Waals surface area contributed by atoms with Crippen LogP contribution in [0.1, 0.15) is 5.56 Å². The van der Waals surface area contributed by atoms with Crippen molar-refractivity contribution in [3.63, 3.8) is 0 Å². The molecule has 0 aliphatic heterocycles. The van der Waals surface area contributed by atoms with Crippen molar-refractivity contribution < 1.29 is 21.6 Å². The lowest BCUT2D eigenvalue weighted by atomic mass is 10.2. The maximum Gasteiger partial charge on any atom is 0.441 e. The predicted molar refractivity (Wildman–Crippen MR) is 76.1 cm³/mol. The van der Waals surface area contributed by atoms with Gasteiger partial charge in [-0.1, -0.05) is 11.8 Å². The van der Waals surface area contributed by atoms with E-state index in [1.54, 1.807) is 0 Å². The van der Waals surface area contributed by atoms with Crippen LogP contribution in [0.4, 0.5) is 13.2 Å². The molecule has 4 nitrogen and oxygen atoms in total. The summed E-state index contributed by atoms with van der Waals surface area (Å²) in [6.07, 6.45) is 0. The molecule has 0 fully saturated rings. The minimum atomic E-state index is -4.37. The molecule has 0 aliphatic carbocycles. The van der Waals surface area contributed by atoms with Crippen LogP contribution < -0.4 is 10.5 Å². The zero-order chi connectivity index (χ0) is 15.9. The minimum Gasteiger partial charge on any atom is -0.320 e. The van der Waals surface area contributed by atoms with Crippen molar-refractivity contribution >= 4 is 21.8 Å². The molecule has 0 aromatic heterocycles. The molecular weight excluding hydrogens is 325 g/mol. The number of nitrogens with two attached hydrogens (primary N) is 1. The Bertz CT molecular complexity index is 617. The number of benzene rings is 1. The molecule has 1 aromatic carbocycles. The quantitative estimate of drug-likeness (QED) is 0.631. The molecule has 0 saturated carbocycles. The van der Waals surface area contributed by atoms with E-state index in [9.17, 15) is 21.6 Å². The highest BCUT2D eigenvalue weighted by molar-refractivity contribution is 8.00. The Kier molecular flexibility index (Phi) is 6.54. The Hall–Kier alpha value is -1.21. The second-order valence-corrected chi connectivity index (χ2v) is 6.65. The predicted octanol–water partition coefficient (Wildman–Crippen LogP) is 1.53. The Morgan fingerprint density at radius 2 is 1.86 bits per heavy atom. The monoisotopic (exact) mass is 338 g/mol. The third-order valence-corrected chi connectivity index (χ3v) is 4.37. The smallest absolute Gasteiger partial charge is 0.320 e. The number of hydrogen-bond acceptors (Lipinski definition) is 4. The van der Waals surface area contributed by atoms with E-state index in [0.717, 1.165) is 0 Å². The van der Waals surface area contributed by atoms with Crippen LogP contribution in [-0.2, 0) is 10.0 Å². The van der Waals surface area contributed by atoms with Gasteiger partial charge in [0.2, 0.25) is 10.0 Å². The number of sulfonamides is 1. The number of halogens is 3. The molecule has 1 rings (SSSR count). The van der Waals surface area contributed by atoms with E-state index < -0.39 is 15.5 Å². The van der Waals surface area contributed by atoms with Crippen LogP contribution in [0.3, 0.4) is 0 Å². The summed E-state index contributed by atoms with van der Waals surface area (Å²) in [5, 5.41) is 0. The van der Waals surface area contributed by atoms with Crippen LogP contribution in [-0.4, -0.2) is 32.8 Å². The number of nitrogens with one attached hydrogen (secondary N) is 1. The molecule has 0 radical (unpaired) electrons. The molecule has 21 heavy (non-hydrogen) atoms. The maximum atomic E-state index is 11.9. The van der Waals surface area contributed by atoms with Crippen molar-refractivity contribution in [2.75, 3.05) is 18.8 Å². The number of hydrogen-bond donors (Lipinski definition) is 2. The second-order valence-electron chi connectivity index (χ2n) is 3.72. The molecule has 0 atom stereocenters. The van der Waals surface area contributed by atoms with E-state index in [1.807, 2.05) is 0 Å². The third kappa shape index (κ3) is 6.86. The molecule has 0 unspecified atom stereocenters. The zero-order valence-corrected chi connectivity index (χ0v) is 12.4. The van der Waals surface area contributed by atoms with Crippen molar-refractivity contribution in [1.29, 1.82) is 0 Å². The summed E-state index contributed by atoms with van der Waals surface area (Å²) in [7, 11) is -3.82. The Balaban J connectivity index is 2.62. The van der Waals surface area contributed by atoms with Gasteiger partial charge >= 0.3 is 5.51 Å². The van der Waals surface area contributed by atoms with Crippen LogP contribution >= 0.6 is 11.8 Å². The van der Waals surface area contributed by atoms with Crippen molar-refractivity contribution in [2.24, 2.45) is 5.73 Å². The fourth-order valence-electron chi connectivity index (χ4n) is 1.30. The summed E-state index contributed by atoms with van der Waals surface area (Å²) in [5.41, 5.74) is 1.45. The van der Waals surface area contributed by atoms with Gasteiger partial charge in [-0.15, -0.1) is 0 Å². The highest BCUT2D eigenvalue weighted by Crippen LogP contribution is 2.29. The highest BCUT2D eigenvalue weighted by Gasteiger charge is 2.27. The molecule has 0 bridgehead atoms. The van der Waals surface area contributed by atoms with Gasteiger partial charge in [-0.05, 0) is 36.0 Å². The van der Waals surface area contributed by atoms with Crippen molar-refractivity contribution in [3.05, 3.63) is 29.8 Å². The number of rotatable bonds is 5. The molecule has 1 aromatic rings. The second kappa shape index (κ2) is 7.70. The van der Waals surface area contributed by atoms with E-state index in [2.05, 4.69) is 16.6 Å². The van der Waals surface area contributed by atoms with Crippen molar-refractivity contribution in [3.8, 4) is 11.8 Å². The van der Waals surface area contributed by atoms with E-state index in [1.165, 1.54) is 24.3 Å². The molecule has 3 N–H and O–H groups in total. The topological polar surface area (TPSA) is 72.2 Å². The van der Waals surface area contributed by atoms with Gasteiger partial charge in [-0.2, -0.15) is 13.2 Å². The molecule has 0 aliphatic rings. The average Bonchev–Trinajstić information content (AvgIpc) is 2.41. The summed E-state index contributed by atoms with van der Waals surface area (Å²) in [5.74, 6) is 4.97. The van der Waals surface area contributed by atoms with Crippen molar-refractivity contribution in [1.82, 2.24) is 4.72 Å². The molecular formula is C12H13F3N2O2S2. The highest BCUT2D eigenvalue weighted by atomic mass is 32.2. The lowest BCUT2D eigenvalue weighted by Crippen LogP contribution is -2.26. The zero-order valence-electron chi connectivity index (χ0n) is 10.8. The molecule has 0 amide bonds. The first-order chi connectivity index (χ1) is 9.74. The van der Waals surface area contributed by atoms with Gasteiger partial charge in [0.05, 0.1) is 11.4 Å². The van der Waals surface area contributed by atoms with Crippen LogP contribution in [0.2, 0.25) is 0 Å². The van der Waals surface area contributed by atoms with E-state index in [0.29, 0.717) is 5.56 Å². The molecule has 0 spiro atoms. The Labute approximate surface area is 125 Å². The van der Waals surface area contributed by atoms with Gasteiger partial charge in [0.1, 0.15) is 0 Å². The summed E-state index contributed by atoms with van der Waals surface area (Å²) in [6.45, 7) is -0.111. The van der Waals surface area contributed by atoms with Gasteiger partial charge in [-0.25, -0.2) is 13.1 Å². The largest absolute Gasteiger partial charge is 0.441 e. The number of alkyl halides is 3. The number of thioether (sulfide) groups is 1. The first-order valence-electron chi connectivity index (χ1n) is 5.74. The van der Waals surface area contributed by atoms with Gasteiger partial charge < -0.3 is 5.73 Å². The van der Waals surface area contributed by atoms with Crippen LogP contribution in [0.5, 0.6) is 0 Å². The van der Waals surface area contributed by atoms with E-state index in [4.69, 9.17) is 5.73 Å². The van der Waals surface area contributed by atoms with Crippen LogP contribution in [0.15, 0.2) is 29.2 Å². The van der Waals surface area contributed by atoms with E-state index in [-0.39, 0.29) is 35.5 Å². The fraction of sp³-hybridized carbons (Fsp3) is 0.333. The van der Waals surface area contributed by atoms with Gasteiger partial charge in [0, 0.05) is 17.9 Å². The van der Waals surface area contributed by atoms with E-state index >= 15 is 0 Å². The third-order valence-electron chi connectivity index (χ3n) is 2.16. The fourth-order valence-corrected chi connectivity index (χ4v) is 2.89. The lowest BCUT2D eigenvalue weighted by molar-refractivity contribution is -0.0327. The van der Waals surface area contributed by atoms with Gasteiger partial charge in [0.25, 0.3) is 0 Å². The van der Waals surface area contributed by atoms with Gasteiger partial charge in [0.15, 0.2) is 0 Å². The summed E-state index contributed by atoms with van der Waals surface area (Å²) in [4.78, 5) is -0.0298. The summed E-state index contributed by atoms with van der Waals surface area (Å²) in [6, 6.07) is 5.67. The average molecular weight is 338 g/mol. The summed E-state index contributed by atoms with van der Waals surface area (Å²) >= 11 is -0.276.